The van der Waals surface area contributed by atoms with Gasteiger partial charge < -0.3 is 9.47 Å². The molecule has 1 aliphatic rings. The smallest absolute Gasteiger partial charge is 0.270 e. The lowest BCUT2D eigenvalue weighted by Gasteiger charge is -2.14. The zero-order valence-electron chi connectivity index (χ0n) is 14.6. The van der Waals surface area contributed by atoms with Gasteiger partial charge in [-0.3, -0.25) is 14.7 Å². The predicted octanol–water partition coefficient (Wildman–Crippen LogP) is 4.28. The van der Waals surface area contributed by atoms with Crippen molar-refractivity contribution in [2.75, 3.05) is 12.0 Å². The molecule has 0 unspecified atom stereocenters. The van der Waals surface area contributed by atoms with Crippen molar-refractivity contribution in [3.8, 4) is 11.5 Å². The number of methoxy groups -OCH3 is 1. The molecule has 1 amide bonds. The summed E-state index contributed by atoms with van der Waals surface area (Å²) in [5.74, 6) is 1.13. The quantitative estimate of drug-likeness (QED) is 0.565. The summed E-state index contributed by atoms with van der Waals surface area (Å²) in [6.45, 7) is 3.91. The molecule has 26 heavy (non-hydrogen) atoms. The molecule has 0 aliphatic carbocycles. The fourth-order valence-electron chi connectivity index (χ4n) is 2.45. The minimum absolute atomic E-state index is 0.0467. The third-order valence-electron chi connectivity index (χ3n) is 3.55. The van der Waals surface area contributed by atoms with Crippen molar-refractivity contribution in [1.82, 2.24) is 4.98 Å². The minimum atomic E-state index is -0.158. The molecular formula is C19H18N2O3S2. The van der Waals surface area contributed by atoms with Gasteiger partial charge in [0.1, 0.15) is 0 Å². The highest BCUT2D eigenvalue weighted by Gasteiger charge is 2.33. The molecule has 2 heterocycles. The van der Waals surface area contributed by atoms with E-state index in [0.29, 0.717) is 26.4 Å². The van der Waals surface area contributed by atoms with E-state index >= 15 is 0 Å². The van der Waals surface area contributed by atoms with Crippen LogP contribution >= 0.6 is 24.0 Å². The maximum absolute atomic E-state index is 12.8. The van der Waals surface area contributed by atoms with Gasteiger partial charge in [-0.1, -0.05) is 30.0 Å². The lowest BCUT2D eigenvalue weighted by Crippen LogP contribution is -2.27. The molecular weight excluding hydrogens is 368 g/mol. The minimum Gasteiger partial charge on any atom is -0.493 e. The molecule has 3 rings (SSSR count). The second-order valence-corrected chi connectivity index (χ2v) is 7.48. The van der Waals surface area contributed by atoms with Gasteiger partial charge in [0.25, 0.3) is 5.91 Å². The monoisotopic (exact) mass is 386 g/mol. The van der Waals surface area contributed by atoms with Crippen LogP contribution in [0.1, 0.15) is 19.4 Å². The maximum Gasteiger partial charge on any atom is 0.270 e. The van der Waals surface area contributed by atoms with E-state index in [4.69, 9.17) is 21.7 Å². The number of nitrogens with zero attached hydrogens (tertiary/aromatic N) is 2. The van der Waals surface area contributed by atoms with E-state index in [1.807, 2.05) is 38.1 Å². The number of aromatic nitrogens is 1. The SMILES string of the molecule is COc1cc(/C=C2\SC(=S)N(c3cccnc3)C2=O)ccc1OC(C)C. The summed E-state index contributed by atoms with van der Waals surface area (Å²) in [7, 11) is 1.59. The van der Waals surface area contributed by atoms with Gasteiger partial charge in [0, 0.05) is 6.20 Å². The lowest BCUT2D eigenvalue weighted by atomic mass is 10.1. The highest BCUT2D eigenvalue weighted by Crippen LogP contribution is 2.37. The van der Waals surface area contributed by atoms with Crippen LogP contribution in [0.3, 0.4) is 0 Å². The summed E-state index contributed by atoms with van der Waals surface area (Å²) in [6, 6.07) is 9.15. The van der Waals surface area contributed by atoms with E-state index in [1.165, 1.54) is 16.7 Å². The van der Waals surface area contributed by atoms with E-state index in [9.17, 15) is 4.79 Å². The average Bonchev–Trinajstić information content (AvgIpc) is 2.90. The Balaban J connectivity index is 1.89. The summed E-state index contributed by atoms with van der Waals surface area (Å²) in [4.78, 5) is 18.9. The summed E-state index contributed by atoms with van der Waals surface area (Å²) >= 11 is 6.63. The number of thiocarbonyl (C=S) groups is 1. The van der Waals surface area contributed by atoms with E-state index in [0.717, 1.165) is 5.56 Å². The maximum atomic E-state index is 12.8. The predicted molar refractivity (Wildman–Crippen MR) is 109 cm³/mol. The van der Waals surface area contributed by atoms with Gasteiger partial charge in [-0.2, -0.15) is 0 Å². The van der Waals surface area contributed by atoms with Crippen molar-refractivity contribution in [2.24, 2.45) is 0 Å². The second kappa shape index (κ2) is 7.88. The van der Waals surface area contributed by atoms with Crippen LogP contribution in [0.4, 0.5) is 5.69 Å². The van der Waals surface area contributed by atoms with Crippen LogP contribution in [0, 0.1) is 0 Å². The molecule has 0 saturated carbocycles. The van der Waals surface area contributed by atoms with E-state index in [2.05, 4.69) is 4.98 Å². The van der Waals surface area contributed by atoms with Crippen molar-refractivity contribution in [1.29, 1.82) is 0 Å². The third kappa shape index (κ3) is 3.89. The summed E-state index contributed by atoms with van der Waals surface area (Å²) < 4.78 is 11.6. The number of amides is 1. The molecule has 0 atom stereocenters. The molecule has 1 aromatic heterocycles. The number of hydrogen-bond acceptors (Lipinski definition) is 6. The molecule has 1 fully saturated rings. The van der Waals surface area contributed by atoms with Crippen molar-refractivity contribution < 1.29 is 14.3 Å². The molecule has 7 heteroatoms. The molecule has 1 saturated heterocycles. The van der Waals surface area contributed by atoms with Crippen LogP contribution < -0.4 is 14.4 Å². The van der Waals surface area contributed by atoms with Gasteiger partial charge >= 0.3 is 0 Å². The summed E-state index contributed by atoms with van der Waals surface area (Å²) in [5.41, 5.74) is 1.50. The van der Waals surface area contributed by atoms with Gasteiger partial charge in [0.05, 0.1) is 30.0 Å². The number of carbonyl (C=O) groups is 1. The fourth-order valence-corrected chi connectivity index (χ4v) is 3.75. The first kappa shape index (κ1) is 18.4. The number of hydrogen-bond donors (Lipinski definition) is 0. The molecule has 1 aliphatic heterocycles. The van der Waals surface area contributed by atoms with Gasteiger partial charge in [0.2, 0.25) is 0 Å². The summed E-state index contributed by atoms with van der Waals surface area (Å²) in [6.07, 6.45) is 5.13. The summed E-state index contributed by atoms with van der Waals surface area (Å²) in [5, 5.41) is 0. The molecule has 0 spiro atoms. The highest BCUT2D eigenvalue weighted by atomic mass is 32.2. The number of thioether (sulfide) groups is 1. The number of benzene rings is 1. The highest BCUT2D eigenvalue weighted by molar-refractivity contribution is 8.27. The Bertz CT molecular complexity index is 866. The Hall–Kier alpha value is -2.38. The van der Waals surface area contributed by atoms with Gasteiger partial charge in [-0.05, 0) is 49.8 Å². The second-order valence-electron chi connectivity index (χ2n) is 5.81. The molecule has 0 N–H and O–H groups in total. The van der Waals surface area contributed by atoms with Crippen molar-refractivity contribution in [3.63, 3.8) is 0 Å². The molecule has 1 aromatic carbocycles. The number of rotatable bonds is 5. The van der Waals surface area contributed by atoms with Gasteiger partial charge in [-0.15, -0.1) is 0 Å². The first-order valence-corrected chi connectivity index (χ1v) is 9.24. The number of pyridine rings is 1. The van der Waals surface area contributed by atoms with Crippen molar-refractivity contribution in [2.45, 2.75) is 20.0 Å². The van der Waals surface area contributed by atoms with Gasteiger partial charge in [-0.25, -0.2) is 0 Å². The average molecular weight is 386 g/mol. The molecule has 0 bridgehead atoms. The molecule has 0 radical (unpaired) electrons. The van der Waals surface area contributed by atoms with Crippen molar-refractivity contribution >= 4 is 46.0 Å². The third-order valence-corrected chi connectivity index (χ3v) is 4.85. The van der Waals surface area contributed by atoms with Crippen LogP contribution in [0.5, 0.6) is 11.5 Å². The topological polar surface area (TPSA) is 51.7 Å². The molecule has 134 valence electrons. The molecule has 5 nitrogen and oxygen atoms in total. The largest absolute Gasteiger partial charge is 0.493 e. The van der Waals surface area contributed by atoms with Crippen molar-refractivity contribution in [3.05, 3.63) is 53.2 Å². The van der Waals surface area contributed by atoms with Crippen LogP contribution in [-0.2, 0) is 4.79 Å². The fraction of sp³-hybridized carbons (Fsp3) is 0.211. The Labute approximate surface area is 162 Å². The first-order valence-electron chi connectivity index (χ1n) is 8.02. The van der Waals surface area contributed by atoms with E-state index in [-0.39, 0.29) is 12.0 Å². The standard InChI is InChI=1S/C19H18N2O3S2/c1-12(2)24-15-7-6-13(9-16(15)23-3)10-17-18(22)21(19(25)26-17)14-5-4-8-20-11-14/h4-12H,1-3H3/b17-10-. The van der Waals surface area contributed by atoms with Crippen LogP contribution in [0.15, 0.2) is 47.6 Å². The lowest BCUT2D eigenvalue weighted by molar-refractivity contribution is -0.113. The number of ether oxygens (including phenoxy) is 2. The molecule has 2 aromatic rings. The van der Waals surface area contributed by atoms with Gasteiger partial charge in [0.15, 0.2) is 15.8 Å². The van der Waals surface area contributed by atoms with Crippen LogP contribution in [0.25, 0.3) is 6.08 Å². The van der Waals surface area contributed by atoms with E-state index in [1.54, 1.807) is 31.6 Å². The van der Waals surface area contributed by atoms with E-state index < -0.39 is 0 Å². The Morgan fingerprint density at radius 2 is 2.08 bits per heavy atom. The number of carbonyl (C=O) groups excluding carboxylic acids is 1. The zero-order chi connectivity index (χ0) is 18.7. The Kier molecular flexibility index (Phi) is 5.58. The van der Waals surface area contributed by atoms with Crippen LogP contribution in [-0.4, -0.2) is 28.4 Å². The number of anilines is 1. The first-order chi connectivity index (χ1) is 12.5. The normalized spacial score (nSPS) is 15.8. The zero-order valence-corrected chi connectivity index (χ0v) is 16.3. The van der Waals surface area contributed by atoms with Crippen LogP contribution in [0.2, 0.25) is 0 Å². The Morgan fingerprint density at radius 1 is 1.27 bits per heavy atom. The Morgan fingerprint density at radius 3 is 2.73 bits per heavy atom.